The highest BCUT2D eigenvalue weighted by Crippen LogP contribution is 2.44. The van der Waals surface area contributed by atoms with Crippen molar-refractivity contribution >= 4 is 17.0 Å². The van der Waals surface area contributed by atoms with Crippen LogP contribution >= 0.6 is 0 Å². The molecule has 2 atom stereocenters. The summed E-state index contributed by atoms with van der Waals surface area (Å²) in [4.78, 5) is 38.7. The maximum absolute atomic E-state index is 15.9. The highest BCUT2D eigenvalue weighted by atomic mass is 19.1. The van der Waals surface area contributed by atoms with Gasteiger partial charge in [0.05, 0.1) is 23.6 Å². The highest BCUT2D eigenvalue weighted by molar-refractivity contribution is 5.83. The monoisotopic (exact) mass is 491 g/mol. The average Bonchev–Trinajstić information content (AvgIpc) is 3.48. The van der Waals surface area contributed by atoms with Gasteiger partial charge in [0.1, 0.15) is 11.4 Å². The second-order valence-corrected chi connectivity index (χ2v) is 10.7. The number of alkyl carbamates (subject to hydrolysis) is 1. The number of fused-ring (bicyclic) bond motifs is 1. The maximum atomic E-state index is 15.9. The molecule has 1 amide bonds. The lowest BCUT2D eigenvalue weighted by Crippen LogP contribution is -2.48. The van der Waals surface area contributed by atoms with Crippen LogP contribution in [0.3, 0.4) is 0 Å². The molecule has 192 valence electrons. The Balaban J connectivity index is 1.98. The van der Waals surface area contributed by atoms with Gasteiger partial charge in [0.2, 0.25) is 0 Å². The summed E-state index contributed by atoms with van der Waals surface area (Å²) in [5.74, 6) is 5.08. The molecule has 1 saturated carbocycles. The number of carbonyl (C=O) groups is 1. The molecule has 4 rings (SSSR count). The number of hydrogen-bond donors (Lipinski definition) is 3. The molecule has 0 radical (unpaired) electrons. The van der Waals surface area contributed by atoms with Crippen molar-refractivity contribution in [2.75, 3.05) is 32.6 Å². The Labute approximate surface area is 202 Å². The van der Waals surface area contributed by atoms with E-state index >= 15 is 4.39 Å². The van der Waals surface area contributed by atoms with Crippen LogP contribution in [0.25, 0.3) is 10.9 Å². The van der Waals surface area contributed by atoms with Crippen molar-refractivity contribution in [2.24, 2.45) is 5.41 Å². The van der Waals surface area contributed by atoms with E-state index in [0.717, 1.165) is 18.9 Å². The Kier molecular flexibility index (Phi) is 6.43. The quantitative estimate of drug-likeness (QED) is 0.526. The third-order valence-electron chi connectivity index (χ3n) is 6.83. The fourth-order valence-electron chi connectivity index (χ4n) is 5.17. The molecular formula is C24H34FN5O5. The van der Waals surface area contributed by atoms with Gasteiger partial charge < -0.3 is 25.9 Å². The van der Waals surface area contributed by atoms with Crippen molar-refractivity contribution in [3.63, 3.8) is 0 Å². The first kappa shape index (κ1) is 25.2. The Morgan fingerprint density at radius 2 is 2.06 bits per heavy atom. The first-order valence-electron chi connectivity index (χ1n) is 11.8. The molecule has 1 saturated heterocycles. The predicted molar refractivity (Wildman–Crippen MR) is 129 cm³/mol. The van der Waals surface area contributed by atoms with E-state index in [2.05, 4.69) is 10.6 Å². The van der Waals surface area contributed by atoms with Gasteiger partial charge in [-0.15, -0.1) is 0 Å². The van der Waals surface area contributed by atoms with Gasteiger partial charge in [0.25, 0.3) is 5.56 Å². The summed E-state index contributed by atoms with van der Waals surface area (Å²) in [6, 6.07) is 0.157. The lowest BCUT2D eigenvalue weighted by molar-refractivity contribution is 0.0303. The second-order valence-electron chi connectivity index (χ2n) is 10.7. The number of aromatic nitrogens is 2. The van der Waals surface area contributed by atoms with Gasteiger partial charge in [0.15, 0.2) is 0 Å². The van der Waals surface area contributed by atoms with E-state index in [-0.39, 0.29) is 23.6 Å². The van der Waals surface area contributed by atoms with Gasteiger partial charge in [0, 0.05) is 30.7 Å². The van der Waals surface area contributed by atoms with Crippen LogP contribution in [-0.2, 0) is 9.47 Å². The van der Waals surface area contributed by atoms with E-state index in [1.54, 1.807) is 34.8 Å². The van der Waals surface area contributed by atoms with E-state index in [1.165, 1.54) is 4.57 Å². The number of hydrogen-bond acceptors (Lipinski definition) is 7. The van der Waals surface area contributed by atoms with Crippen molar-refractivity contribution in [2.45, 2.75) is 64.6 Å². The van der Waals surface area contributed by atoms with Crippen molar-refractivity contribution in [3.8, 4) is 0 Å². The second kappa shape index (κ2) is 8.94. The topological polar surface area (TPSA) is 130 Å². The number of nitrogen functional groups attached to an aromatic ring is 1. The van der Waals surface area contributed by atoms with Crippen LogP contribution in [-0.4, -0.2) is 47.7 Å². The molecular weight excluding hydrogens is 457 g/mol. The summed E-state index contributed by atoms with van der Waals surface area (Å²) >= 11 is 0. The number of methoxy groups -OCH3 is 1. The number of amides is 1. The third kappa shape index (κ3) is 4.54. The molecule has 2 aromatic rings. The molecule has 4 N–H and O–H groups in total. The smallest absolute Gasteiger partial charge is 0.408 e. The molecule has 2 aliphatic rings. The zero-order valence-corrected chi connectivity index (χ0v) is 20.9. The Morgan fingerprint density at radius 3 is 2.60 bits per heavy atom. The number of halogens is 1. The lowest BCUT2D eigenvalue weighted by atomic mass is 9.75. The molecule has 0 spiro atoms. The molecule has 1 aliphatic heterocycles. The molecule has 2 unspecified atom stereocenters. The van der Waals surface area contributed by atoms with Crippen LogP contribution in [0.15, 0.2) is 15.7 Å². The van der Waals surface area contributed by atoms with E-state index in [0.29, 0.717) is 35.3 Å². The molecule has 10 nitrogen and oxygen atoms in total. The number of nitrogens with two attached hydrogens (primary N) is 1. The number of carbonyl (C=O) groups excluding carboxylic acids is 1. The summed E-state index contributed by atoms with van der Waals surface area (Å²) in [7, 11) is 1.56. The summed E-state index contributed by atoms with van der Waals surface area (Å²) in [5, 5.41) is 6.21. The van der Waals surface area contributed by atoms with E-state index in [9.17, 15) is 14.4 Å². The number of benzene rings is 1. The zero-order valence-electron chi connectivity index (χ0n) is 20.9. The molecule has 1 aromatic heterocycles. The average molecular weight is 492 g/mol. The van der Waals surface area contributed by atoms with Crippen LogP contribution < -0.4 is 27.7 Å². The van der Waals surface area contributed by atoms with E-state index < -0.39 is 40.2 Å². The van der Waals surface area contributed by atoms with Gasteiger partial charge in [-0.1, -0.05) is 0 Å². The van der Waals surface area contributed by atoms with E-state index in [1.807, 2.05) is 0 Å². The molecule has 1 aromatic carbocycles. The molecule has 2 heterocycles. The summed E-state index contributed by atoms with van der Waals surface area (Å²) in [6.45, 7) is 8.29. The normalized spacial score (nSPS) is 21.3. The number of rotatable bonds is 6. The number of nitrogens with one attached hydrogen (secondary N) is 2. The molecule has 1 aliphatic carbocycles. The molecule has 35 heavy (non-hydrogen) atoms. The van der Waals surface area contributed by atoms with Crippen LogP contribution in [0.1, 0.15) is 63.2 Å². The summed E-state index contributed by atoms with van der Waals surface area (Å²) < 4.78 is 29.0. The van der Waals surface area contributed by atoms with E-state index in [4.69, 9.17) is 15.3 Å². The van der Waals surface area contributed by atoms with Gasteiger partial charge in [-0.3, -0.25) is 9.36 Å². The first-order valence-corrected chi connectivity index (χ1v) is 11.8. The van der Waals surface area contributed by atoms with Crippen LogP contribution in [0.2, 0.25) is 0 Å². The van der Waals surface area contributed by atoms with Crippen molar-refractivity contribution in [1.29, 1.82) is 0 Å². The molecule has 2 fully saturated rings. The van der Waals surface area contributed by atoms with Gasteiger partial charge in [-0.2, -0.15) is 4.68 Å². The van der Waals surface area contributed by atoms with Gasteiger partial charge in [-0.25, -0.2) is 14.0 Å². The lowest BCUT2D eigenvalue weighted by Gasteiger charge is -2.38. The Morgan fingerprint density at radius 1 is 1.37 bits per heavy atom. The van der Waals surface area contributed by atoms with Gasteiger partial charge >= 0.3 is 11.8 Å². The summed E-state index contributed by atoms with van der Waals surface area (Å²) in [5.41, 5.74) is -1.89. The Hall–Kier alpha value is -2.92. The van der Waals surface area contributed by atoms with Crippen molar-refractivity contribution < 1.29 is 18.7 Å². The van der Waals surface area contributed by atoms with Crippen LogP contribution in [0, 0.1) is 18.2 Å². The molecule has 11 heteroatoms. The standard InChI is InChI=1S/C24H34FN5O5/c1-13-17(16(25)10-15-18(13)29(14-6-7-14)22(33)30(26)20(15)31)19(28-21(32)35-23(2,3)4)24(12-34-5)8-9-27-11-24/h10,14,19,27H,6-9,11-12,26H2,1-5H3,(H,28,32). The van der Waals surface area contributed by atoms with Crippen molar-refractivity contribution in [1.82, 2.24) is 19.9 Å². The predicted octanol–water partition coefficient (Wildman–Crippen LogP) is 1.85. The molecule has 0 bridgehead atoms. The third-order valence-corrected chi connectivity index (χ3v) is 6.83. The number of aryl methyl sites for hydroxylation is 1. The highest BCUT2D eigenvalue weighted by Gasteiger charge is 2.46. The minimum Gasteiger partial charge on any atom is -0.444 e. The fraction of sp³-hybridized carbons (Fsp3) is 0.625. The fourth-order valence-corrected chi connectivity index (χ4v) is 5.17. The SMILES string of the molecule is COCC1(C(NC(=O)OC(C)(C)C)c2c(F)cc3c(=O)n(N)c(=O)n(C4CC4)c3c2C)CCNC1. The number of ether oxygens (including phenoxy) is 2. The van der Waals surface area contributed by atoms with Crippen LogP contribution in [0.4, 0.5) is 9.18 Å². The first-order chi connectivity index (χ1) is 16.4. The maximum Gasteiger partial charge on any atom is 0.408 e. The zero-order chi connectivity index (χ0) is 25.7. The van der Waals surface area contributed by atoms with Gasteiger partial charge in [-0.05, 0) is 65.1 Å². The summed E-state index contributed by atoms with van der Waals surface area (Å²) in [6.07, 6.45) is 1.44. The minimum atomic E-state index is -0.847. The van der Waals surface area contributed by atoms with Crippen molar-refractivity contribution in [3.05, 3.63) is 43.8 Å². The minimum absolute atomic E-state index is 0.0270. The number of nitrogens with zero attached hydrogens (tertiary/aromatic N) is 2. The Bertz CT molecular complexity index is 1270. The van der Waals surface area contributed by atoms with Crippen LogP contribution in [0.5, 0.6) is 0 Å². The largest absolute Gasteiger partial charge is 0.444 e.